The lowest BCUT2D eigenvalue weighted by atomic mass is 10.3. The maximum atomic E-state index is 5.58. The molecule has 0 radical (unpaired) electrons. The molecule has 2 heterocycles. The van der Waals surface area contributed by atoms with Crippen molar-refractivity contribution in [3.8, 4) is 11.9 Å². The van der Waals surface area contributed by atoms with Crippen molar-refractivity contribution >= 4 is 0 Å². The fourth-order valence-electron chi connectivity index (χ4n) is 1.53. The van der Waals surface area contributed by atoms with Crippen molar-refractivity contribution in [2.24, 2.45) is 12.8 Å². The van der Waals surface area contributed by atoms with Gasteiger partial charge >= 0.3 is 6.01 Å². The van der Waals surface area contributed by atoms with Crippen LogP contribution >= 0.6 is 0 Å². The third-order valence-corrected chi connectivity index (χ3v) is 2.25. The molecule has 0 aliphatic rings. The van der Waals surface area contributed by atoms with Crippen molar-refractivity contribution < 1.29 is 4.74 Å². The first-order valence-corrected chi connectivity index (χ1v) is 5.31. The van der Waals surface area contributed by atoms with E-state index in [1.54, 1.807) is 4.68 Å². The van der Waals surface area contributed by atoms with Crippen LogP contribution in [-0.4, -0.2) is 19.7 Å². The predicted molar refractivity (Wildman–Crippen MR) is 62.7 cm³/mol. The third kappa shape index (κ3) is 2.59. The van der Waals surface area contributed by atoms with Crippen LogP contribution in [0.25, 0.3) is 0 Å². The second-order valence-corrected chi connectivity index (χ2v) is 3.84. The molecule has 6 nitrogen and oxygen atoms in total. The van der Waals surface area contributed by atoms with E-state index in [2.05, 4.69) is 15.1 Å². The van der Waals surface area contributed by atoms with Crippen LogP contribution in [0.4, 0.5) is 0 Å². The van der Waals surface area contributed by atoms with Gasteiger partial charge in [-0.25, -0.2) is 9.67 Å². The molecular weight excluding hydrogens is 218 g/mol. The van der Waals surface area contributed by atoms with Gasteiger partial charge in [0.1, 0.15) is 0 Å². The maximum absolute atomic E-state index is 5.58. The molecular formula is C11H15N5O. The van der Waals surface area contributed by atoms with Gasteiger partial charge in [0.2, 0.25) is 5.88 Å². The predicted octanol–water partition coefficient (Wildman–Crippen LogP) is 1.08. The van der Waals surface area contributed by atoms with Gasteiger partial charge in [-0.15, -0.1) is 0 Å². The van der Waals surface area contributed by atoms with Crippen molar-refractivity contribution in [3.63, 3.8) is 0 Å². The van der Waals surface area contributed by atoms with E-state index in [1.165, 1.54) is 0 Å². The summed E-state index contributed by atoms with van der Waals surface area (Å²) in [5.74, 6) is 0.607. The summed E-state index contributed by atoms with van der Waals surface area (Å²) in [7, 11) is 1.81. The molecule has 0 atom stereocenters. The number of aromatic nitrogens is 4. The van der Waals surface area contributed by atoms with E-state index in [0.717, 1.165) is 17.1 Å². The van der Waals surface area contributed by atoms with Crippen molar-refractivity contribution in [1.82, 2.24) is 19.7 Å². The van der Waals surface area contributed by atoms with Gasteiger partial charge in [0.15, 0.2) is 0 Å². The molecule has 2 rings (SSSR count). The summed E-state index contributed by atoms with van der Waals surface area (Å²) in [6, 6.07) is 3.96. The minimum Gasteiger partial charge on any atom is -0.405 e. The van der Waals surface area contributed by atoms with Crippen LogP contribution in [0, 0.1) is 13.8 Å². The quantitative estimate of drug-likeness (QED) is 0.858. The van der Waals surface area contributed by atoms with Crippen LogP contribution in [-0.2, 0) is 13.6 Å². The van der Waals surface area contributed by atoms with E-state index >= 15 is 0 Å². The lowest BCUT2D eigenvalue weighted by Crippen LogP contribution is -2.04. The van der Waals surface area contributed by atoms with Gasteiger partial charge in [0, 0.05) is 25.4 Å². The molecule has 2 aromatic heterocycles. The summed E-state index contributed by atoms with van der Waals surface area (Å²) >= 11 is 0. The normalized spacial score (nSPS) is 10.6. The first-order chi connectivity index (χ1) is 8.08. The SMILES string of the molecule is Cc1cc(CN)nc(Oc2cc(C)nn2C)n1. The Hall–Kier alpha value is -1.95. The van der Waals surface area contributed by atoms with Crippen molar-refractivity contribution in [2.75, 3.05) is 0 Å². The van der Waals surface area contributed by atoms with Crippen molar-refractivity contribution in [1.29, 1.82) is 0 Å². The molecule has 0 bridgehead atoms. The average Bonchev–Trinajstić information content (AvgIpc) is 2.56. The van der Waals surface area contributed by atoms with E-state index in [9.17, 15) is 0 Å². The van der Waals surface area contributed by atoms with Gasteiger partial charge in [0.25, 0.3) is 0 Å². The molecule has 2 N–H and O–H groups in total. The largest absolute Gasteiger partial charge is 0.405 e. The minimum atomic E-state index is 0.299. The van der Waals surface area contributed by atoms with E-state index in [-0.39, 0.29) is 0 Å². The van der Waals surface area contributed by atoms with E-state index in [0.29, 0.717) is 18.4 Å². The number of aryl methyl sites for hydroxylation is 3. The Morgan fingerprint density at radius 2 is 2.00 bits per heavy atom. The van der Waals surface area contributed by atoms with Gasteiger partial charge in [-0.3, -0.25) is 0 Å². The van der Waals surface area contributed by atoms with Gasteiger partial charge < -0.3 is 10.5 Å². The number of ether oxygens (including phenoxy) is 1. The van der Waals surface area contributed by atoms with E-state index < -0.39 is 0 Å². The average molecular weight is 233 g/mol. The summed E-state index contributed by atoms with van der Waals surface area (Å²) in [6.45, 7) is 4.14. The smallest absolute Gasteiger partial charge is 0.323 e. The van der Waals surface area contributed by atoms with Crippen molar-refractivity contribution in [2.45, 2.75) is 20.4 Å². The van der Waals surface area contributed by atoms with Gasteiger partial charge in [0.05, 0.1) is 11.4 Å². The number of rotatable bonds is 3. The number of nitrogens with two attached hydrogens (primary N) is 1. The van der Waals surface area contributed by atoms with Gasteiger partial charge in [-0.1, -0.05) is 0 Å². The zero-order valence-corrected chi connectivity index (χ0v) is 10.1. The first-order valence-electron chi connectivity index (χ1n) is 5.31. The Morgan fingerprint density at radius 3 is 2.59 bits per heavy atom. The molecule has 6 heteroatoms. The topological polar surface area (TPSA) is 78.9 Å². The van der Waals surface area contributed by atoms with Gasteiger partial charge in [-0.2, -0.15) is 10.1 Å². The fourth-order valence-corrected chi connectivity index (χ4v) is 1.53. The molecule has 0 fully saturated rings. The molecule has 0 saturated heterocycles. The molecule has 0 aromatic carbocycles. The van der Waals surface area contributed by atoms with Crippen molar-refractivity contribution in [3.05, 3.63) is 29.2 Å². The molecule has 0 spiro atoms. The second-order valence-electron chi connectivity index (χ2n) is 3.84. The lowest BCUT2D eigenvalue weighted by Gasteiger charge is -2.05. The number of hydrogen-bond donors (Lipinski definition) is 1. The molecule has 0 aliphatic carbocycles. The van der Waals surface area contributed by atoms with Crippen LogP contribution in [0.15, 0.2) is 12.1 Å². The Balaban J connectivity index is 2.29. The first kappa shape index (κ1) is 11.5. The summed E-state index contributed by atoms with van der Waals surface area (Å²) in [4.78, 5) is 8.40. The number of nitrogens with zero attached hydrogens (tertiary/aromatic N) is 4. The molecule has 0 unspecified atom stereocenters. The highest BCUT2D eigenvalue weighted by Gasteiger charge is 2.08. The summed E-state index contributed by atoms with van der Waals surface area (Å²) in [6.07, 6.45) is 0. The van der Waals surface area contributed by atoms with E-state index in [4.69, 9.17) is 10.5 Å². The minimum absolute atomic E-state index is 0.299. The zero-order valence-electron chi connectivity index (χ0n) is 10.1. The highest BCUT2D eigenvalue weighted by atomic mass is 16.5. The molecule has 2 aromatic rings. The molecule has 0 amide bonds. The lowest BCUT2D eigenvalue weighted by molar-refractivity contribution is 0.396. The van der Waals surface area contributed by atoms with Crippen LogP contribution in [0.3, 0.4) is 0 Å². The Bertz CT molecular complexity index is 535. The highest BCUT2D eigenvalue weighted by Crippen LogP contribution is 2.18. The van der Waals surface area contributed by atoms with Crippen LogP contribution in [0.5, 0.6) is 11.9 Å². The second kappa shape index (κ2) is 4.50. The van der Waals surface area contributed by atoms with Crippen LogP contribution in [0.2, 0.25) is 0 Å². The fraction of sp³-hybridized carbons (Fsp3) is 0.364. The molecule has 90 valence electrons. The molecule has 17 heavy (non-hydrogen) atoms. The van der Waals surface area contributed by atoms with Crippen LogP contribution in [0.1, 0.15) is 17.1 Å². The molecule has 0 saturated carbocycles. The Kier molecular flexibility index (Phi) is 3.06. The summed E-state index contributed by atoms with van der Waals surface area (Å²) in [5, 5.41) is 4.18. The maximum Gasteiger partial charge on any atom is 0.323 e. The summed E-state index contributed by atoms with van der Waals surface area (Å²) in [5.41, 5.74) is 8.02. The van der Waals surface area contributed by atoms with E-state index in [1.807, 2.05) is 33.0 Å². The van der Waals surface area contributed by atoms with Gasteiger partial charge in [-0.05, 0) is 19.9 Å². The summed E-state index contributed by atoms with van der Waals surface area (Å²) < 4.78 is 7.22. The Morgan fingerprint density at radius 1 is 1.24 bits per heavy atom. The highest BCUT2D eigenvalue weighted by molar-refractivity contribution is 5.20. The van der Waals surface area contributed by atoms with Crippen LogP contribution < -0.4 is 10.5 Å². The Labute approximate surface area is 99.4 Å². The third-order valence-electron chi connectivity index (χ3n) is 2.25. The zero-order chi connectivity index (χ0) is 12.4. The standard InChI is InChI=1S/C11H15N5O/c1-7-4-9(6-12)14-11(13-7)17-10-5-8(2)15-16(10)3/h4-5H,6,12H2,1-3H3. The molecule has 0 aliphatic heterocycles. The monoisotopic (exact) mass is 233 g/mol. The number of hydrogen-bond acceptors (Lipinski definition) is 5.